The Morgan fingerprint density at radius 3 is 2.18 bits per heavy atom. The van der Waals surface area contributed by atoms with Crippen LogP contribution in [0.1, 0.15) is 25.0 Å². The van der Waals surface area contributed by atoms with Crippen LogP contribution in [0.5, 0.6) is 0 Å². The van der Waals surface area contributed by atoms with Crippen molar-refractivity contribution in [2.24, 2.45) is 0 Å². The summed E-state index contributed by atoms with van der Waals surface area (Å²) in [4.78, 5) is 6.72. The molecule has 0 atom stereocenters. The van der Waals surface area contributed by atoms with Gasteiger partial charge in [0.05, 0.1) is 16.8 Å². The van der Waals surface area contributed by atoms with E-state index in [1.807, 2.05) is 43.3 Å². The number of aryl methyl sites for hydroxylation is 1. The van der Waals surface area contributed by atoms with E-state index >= 15 is 0 Å². The molecule has 146 valence electrons. The summed E-state index contributed by atoms with van der Waals surface area (Å²) in [5, 5.41) is 0. The molecule has 0 saturated heterocycles. The highest BCUT2D eigenvalue weighted by molar-refractivity contribution is 7.92. The molecule has 3 rings (SSSR count). The van der Waals surface area contributed by atoms with Crippen molar-refractivity contribution in [1.82, 2.24) is 4.98 Å². The van der Waals surface area contributed by atoms with E-state index in [9.17, 15) is 8.42 Å². The second-order valence-electron chi connectivity index (χ2n) is 6.50. The van der Waals surface area contributed by atoms with Crippen LogP contribution in [-0.4, -0.2) is 19.9 Å². The summed E-state index contributed by atoms with van der Waals surface area (Å²) in [5.74, 6) is 0.305. The number of hydrogen-bond acceptors (Lipinski definition) is 4. The molecule has 5 nitrogen and oxygen atoms in total. The first-order chi connectivity index (χ1) is 13.5. The molecule has 0 radical (unpaired) electrons. The van der Waals surface area contributed by atoms with E-state index in [0.717, 1.165) is 30.8 Å². The molecule has 2 aromatic carbocycles. The number of anilines is 2. The van der Waals surface area contributed by atoms with Gasteiger partial charge in [-0.3, -0.25) is 4.72 Å². The minimum atomic E-state index is -3.65. The monoisotopic (exact) mass is 395 g/mol. The number of aromatic nitrogens is 1. The van der Waals surface area contributed by atoms with Crippen molar-refractivity contribution in [3.63, 3.8) is 0 Å². The Morgan fingerprint density at radius 2 is 1.61 bits per heavy atom. The number of rotatable bonds is 8. The fraction of sp³-hybridized carbons (Fsp3) is 0.227. The lowest BCUT2D eigenvalue weighted by Crippen LogP contribution is -2.22. The topological polar surface area (TPSA) is 62.3 Å². The third kappa shape index (κ3) is 4.89. The zero-order valence-corrected chi connectivity index (χ0v) is 17.0. The zero-order valence-electron chi connectivity index (χ0n) is 16.2. The summed E-state index contributed by atoms with van der Waals surface area (Å²) in [5.41, 5.74) is 3.26. The summed E-state index contributed by atoms with van der Waals surface area (Å²) in [6, 6.07) is 20.7. The molecule has 0 amide bonds. The van der Waals surface area contributed by atoms with Crippen LogP contribution in [0.4, 0.5) is 11.5 Å². The predicted molar refractivity (Wildman–Crippen MR) is 114 cm³/mol. The lowest BCUT2D eigenvalue weighted by molar-refractivity contribution is 0.601. The highest BCUT2D eigenvalue weighted by Crippen LogP contribution is 2.20. The molecular weight excluding hydrogens is 370 g/mol. The fourth-order valence-electron chi connectivity index (χ4n) is 2.92. The highest BCUT2D eigenvalue weighted by Gasteiger charge is 2.15. The van der Waals surface area contributed by atoms with E-state index in [0.29, 0.717) is 5.82 Å². The Bertz CT molecular complexity index is 986. The van der Waals surface area contributed by atoms with Crippen molar-refractivity contribution >= 4 is 21.5 Å². The van der Waals surface area contributed by atoms with Crippen molar-refractivity contribution in [2.45, 2.75) is 31.7 Å². The van der Waals surface area contributed by atoms with Gasteiger partial charge in [0.1, 0.15) is 5.82 Å². The van der Waals surface area contributed by atoms with Crippen molar-refractivity contribution < 1.29 is 8.42 Å². The van der Waals surface area contributed by atoms with Crippen LogP contribution in [0, 0.1) is 0 Å². The van der Waals surface area contributed by atoms with Gasteiger partial charge in [0.25, 0.3) is 10.0 Å². The van der Waals surface area contributed by atoms with Crippen LogP contribution >= 0.6 is 0 Å². The molecular formula is C22H25N3O2S. The second kappa shape index (κ2) is 8.89. The number of benzene rings is 2. The average Bonchev–Trinajstić information content (AvgIpc) is 2.73. The first kappa shape index (κ1) is 19.9. The Labute approximate surface area is 167 Å². The van der Waals surface area contributed by atoms with Gasteiger partial charge in [0.15, 0.2) is 0 Å². The van der Waals surface area contributed by atoms with Gasteiger partial charge in [0.2, 0.25) is 0 Å². The van der Waals surface area contributed by atoms with Crippen LogP contribution in [0.3, 0.4) is 0 Å². The van der Waals surface area contributed by atoms with Gasteiger partial charge in [-0.1, -0.05) is 49.4 Å². The summed E-state index contributed by atoms with van der Waals surface area (Å²) < 4.78 is 27.7. The molecule has 1 heterocycles. The van der Waals surface area contributed by atoms with Crippen molar-refractivity contribution in [1.29, 1.82) is 0 Å². The minimum Gasteiger partial charge on any atom is -0.366 e. The third-order valence-corrected chi connectivity index (χ3v) is 5.96. The molecule has 0 aliphatic heterocycles. The van der Waals surface area contributed by atoms with E-state index in [4.69, 9.17) is 0 Å². The van der Waals surface area contributed by atoms with Crippen molar-refractivity contribution in [2.75, 3.05) is 16.2 Å². The Hall–Kier alpha value is -2.86. The summed E-state index contributed by atoms with van der Waals surface area (Å²) in [6.45, 7) is 5.71. The first-order valence-electron chi connectivity index (χ1n) is 9.38. The van der Waals surface area contributed by atoms with Crippen LogP contribution in [0.25, 0.3) is 0 Å². The number of nitrogens with zero attached hydrogens (tertiary/aromatic N) is 2. The normalized spacial score (nSPS) is 11.2. The van der Waals surface area contributed by atoms with Gasteiger partial charge in [-0.2, -0.15) is 0 Å². The maximum atomic E-state index is 12.6. The molecule has 6 heteroatoms. The predicted octanol–water partition coefficient (Wildman–Crippen LogP) is 4.47. The van der Waals surface area contributed by atoms with E-state index in [1.54, 1.807) is 24.4 Å². The van der Waals surface area contributed by atoms with Crippen LogP contribution in [0.2, 0.25) is 0 Å². The van der Waals surface area contributed by atoms with Crippen molar-refractivity contribution in [3.8, 4) is 0 Å². The Morgan fingerprint density at radius 1 is 0.893 bits per heavy atom. The molecule has 0 aliphatic rings. The van der Waals surface area contributed by atoms with Gasteiger partial charge in [-0.15, -0.1) is 0 Å². The molecule has 1 N–H and O–H groups in total. The largest absolute Gasteiger partial charge is 0.366 e. The molecule has 0 saturated carbocycles. The van der Waals surface area contributed by atoms with Gasteiger partial charge in [0, 0.05) is 13.1 Å². The maximum absolute atomic E-state index is 12.6. The van der Waals surface area contributed by atoms with Gasteiger partial charge >= 0.3 is 0 Å². The summed E-state index contributed by atoms with van der Waals surface area (Å²) >= 11 is 0. The fourth-order valence-corrected chi connectivity index (χ4v) is 3.93. The molecule has 1 aromatic heterocycles. The summed E-state index contributed by atoms with van der Waals surface area (Å²) in [6.07, 6.45) is 2.57. The number of nitrogens with one attached hydrogen (secondary N) is 1. The van der Waals surface area contributed by atoms with Crippen LogP contribution < -0.4 is 9.62 Å². The quantitative estimate of drug-likeness (QED) is 0.611. The zero-order chi connectivity index (χ0) is 20.0. The minimum absolute atomic E-state index is 0.231. The SMILES string of the molecule is CCc1ccc(S(=O)(=O)Nc2ccc(N(CC)Cc3ccccc3)cn2)cc1. The average molecular weight is 396 g/mol. The standard InChI is InChI=1S/C22H25N3O2S/c1-3-18-10-13-21(14-11-18)28(26,27)24-22-15-12-20(16-23-22)25(4-2)17-19-8-6-5-7-9-19/h5-16H,3-4,17H2,1-2H3,(H,23,24). The maximum Gasteiger partial charge on any atom is 0.263 e. The molecule has 0 fully saturated rings. The number of hydrogen-bond donors (Lipinski definition) is 1. The van der Waals surface area contributed by atoms with E-state index in [2.05, 4.69) is 33.7 Å². The van der Waals surface area contributed by atoms with E-state index in [1.165, 1.54) is 5.56 Å². The molecule has 0 spiro atoms. The lowest BCUT2D eigenvalue weighted by Gasteiger charge is -2.23. The van der Waals surface area contributed by atoms with Gasteiger partial charge in [-0.05, 0) is 48.7 Å². The highest BCUT2D eigenvalue weighted by atomic mass is 32.2. The molecule has 28 heavy (non-hydrogen) atoms. The molecule has 3 aromatic rings. The van der Waals surface area contributed by atoms with Gasteiger partial charge < -0.3 is 4.90 Å². The number of sulfonamides is 1. The van der Waals surface area contributed by atoms with E-state index < -0.39 is 10.0 Å². The van der Waals surface area contributed by atoms with Crippen LogP contribution in [-0.2, 0) is 23.0 Å². The Kier molecular flexibility index (Phi) is 6.31. The molecule has 0 aliphatic carbocycles. The van der Waals surface area contributed by atoms with Crippen LogP contribution in [0.15, 0.2) is 77.8 Å². The molecule has 0 bridgehead atoms. The van der Waals surface area contributed by atoms with Gasteiger partial charge in [-0.25, -0.2) is 13.4 Å². The first-order valence-corrected chi connectivity index (χ1v) is 10.9. The second-order valence-corrected chi connectivity index (χ2v) is 8.19. The van der Waals surface area contributed by atoms with E-state index in [-0.39, 0.29) is 4.90 Å². The third-order valence-electron chi connectivity index (χ3n) is 4.59. The van der Waals surface area contributed by atoms with Crippen molar-refractivity contribution in [3.05, 3.63) is 84.1 Å². The lowest BCUT2D eigenvalue weighted by atomic mass is 10.2. The number of pyridine rings is 1. The summed E-state index contributed by atoms with van der Waals surface area (Å²) in [7, 11) is -3.65. The molecule has 0 unspecified atom stereocenters. The smallest absolute Gasteiger partial charge is 0.263 e. The Balaban J connectivity index is 1.72.